The topological polar surface area (TPSA) is 241 Å². The van der Waals surface area contributed by atoms with E-state index in [2.05, 4.69) is 34.1 Å². The van der Waals surface area contributed by atoms with Gasteiger partial charge in [0.15, 0.2) is 5.75 Å². The van der Waals surface area contributed by atoms with Gasteiger partial charge in [-0.05, 0) is 83.9 Å². The minimum Gasteiger partial charge on any atom is -0.507 e. The van der Waals surface area contributed by atoms with Crippen LogP contribution in [0.1, 0.15) is 5.56 Å². The van der Waals surface area contributed by atoms with Crippen LogP contribution in [-0.4, -0.2) is 63.9 Å². The number of nitrogens with zero attached hydrogens (tertiary/aromatic N) is 4. The van der Waals surface area contributed by atoms with Gasteiger partial charge in [-0.1, -0.05) is 18.2 Å². The molecular formula is C37H33N5O12S3. The Bertz CT molecular complexity index is 2950. The van der Waals surface area contributed by atoms with Crippen LogP contribution in [0.25, 0.3) is 21.5 Å². The Kier molecular flexibility index (Phi) is 11.3. The number of ether oxygens (including phenoxy) is 1. The van der Waals surface area contributed by atoms with Crippen molar-refractivity contribution in [2.75, 3.05) is 33.8 Å². The van der Waals surface area contributed by atoms with Crippen molar-refractivity contribution in [3.8, 4) is 17.2 Å². The molecule has 0 aromatic heterocycles. The highest BCUT2D eigenvalue weighted by Crippen LogP contribution is 2.45. The number of aromatic hydroxyl groups is 2. The highest BCUT2D eigenvalue weighted by atomic mass is 32.2. The third-order valence-electron chi connectivity index (χ3n) is 8.59. The van der Waals surface area contributed by atoms with Gasteiger partial charge in [0.2, 0.25) is 0 Å². The van der Waals surface area contributed by atoms with Crippen LogP contribution in [0.2, 0.25) is 0 Å². The van der Waals surface area contributed by atoms with Gasteiger partial charge in [-0.25, -0.2) is 0 Å². The Morgan fingerprint density at radius 3 is 1.82 bits per heavy atom. The Balaban J connectivity index is 1.41. The number of methoxy groups -OCH3 is 1. The zero-order valence-corrected chi connectivity index (χ0v) is 33.1. The minimum absolute atomic E-state index is 0.0282. The smallest absolute Gasteiger partial charge is 0.299 e. The summed E-state index contributed by atoms with van der Waals surface area (Å²) in [5.74, 6) is -0.942. The molecule has 0 aliphatic heterocycles. The molecule has 20 heteroatoms. The third kappa shape index (κ3) is 8.26. The molecular weight excluding hydrogens is 803 g/mol. The van der Waals surface area contributed by atoms with Gasteiger partial charge < -0.3 is 20.3 Å². The summed E-state index contributed by atoms with van der Waals surface area (Å²) in [4.78, 5) is -1.29. The molecule has 0 aliphatic carbocycles. The molecule has 6 aromatic carbocycles. The van der Waals surface area contributed by atoms with Gasteiger partial charge in [-0.3, -0.25) is 12.5 Å². The predicted octanol–water partition coefficient (Wildman–Crippen LogP) is 8.30. The van der Waals surface area contributed by atoms with Crippen molar-refractivity contribution >= 4 is 86.0 Å². The molecule has 3 N–H and O–H groups in total. The van der Waals surface area contributed by atoms with E-state index in [4.69, 9.17) is 8.92 Å². The lowest BCUT2D eigenvalue weighted by atomic mass is 10.1. The SMILES string of the molecule is COc1cc(N=Nc2cc(S(=O)(=O)OC)cc3cc(S(=O)(=O)OC)cc(O)c23)c(C)cc1N=Nc1c(S(=O)(=O)OC)cc2cc(Nc3ccccc3)ccc2c1O. The first-order valence-electron chi connectivity index (χ1n) is 16.4. The maximum Gasteiger partial charge on any atom is 0.299 e. The Morgan fingerprint density at radius 1 is 0.579 bits per heavy atom. The third-order valence-corrected chi connectivity index (χ3v) is 12.4. The molecule has 0 amide bonds. The highest BCUT2D eigenvalue weighted by Gasteiger charge is 2.25. The summed E-state index contributed by atoms with van der Waals surface area (Å²) in [5.41, 5.74) is 1.59. The van der Waals surface area contributed by atoms with Crippen LogP contribution < -0.4 is 10.1 Å². The summed E-state index contributed by atoms with van der Waals surface area (Å²) in [7, 11) is -8.86. The van der Waals surface area contributed by atoms with Crippen molar-refractivity contribution in [2.24, 2.45) is 20.5 Å². The number of phenolic OH excluding ortho intramolecular Hbond substituents is 2. The van der Waals surface area contributed by atoms with Crippen LogP contribution in [0, 0.1) is 6.92 Å². The maximum absolute atomic E-state index is 13.1. The van der Waals surface area contributed by atoms with Crippen LogP contribution in [0.5, 0.6) is 17.2 Å². The maximum atomic E-state index is 13.1. The summed E-state index contributed by atoms with van der Waals surface area (Å²) in [6.07, 6.45) is 0. The van der Waals surface area contributed by atoms with Gasteiger partial charge >= 0.3 is 0 Å². The number of benzene rings is 6. The molecule has 0 spiro atoms. The molecule has 0 saturated carbocycles. The first-order chi connectivity index (χ1) is 27.0. The summed E-state index contributed by atoms with van der Waals surface area (Å²) in [6, 6.07) is 22.7. The molecule has 0 heterocycles. The number of fused-ring (bicyclic) bond motifs is 2. The standard InChI is InChI=1S/C37H33N5O12S3/c1-21-13-30(40-42-36-34(57(49,50)54-5)17-22-14-25(11-12-28(22)37(36)44)38-24-9-7-6-8-10-24)33(51-2)20-29(21)39-41-31-18-26(55(45,46)52-3)15-23-16-27(56(47,48)53-4)19-32(43)35(23)31/h6-20,38,43-44H,1-5H3. The zero-order valence-electron chi connectivity index (χ0n) is 30.7. The second-order valence-electron chi connectivity index (χ2n) is 12.1. The predicted molar refractivity (Wildman–Crippen MR) is 210 cm³/mol. The van der Waals surface area contributed by atoms with Crippen LogP contribution in [0.4, 0.5) is 34.1 Å². The molecule has 6 rings (SSSR count). The number of nitrogens with one attached hydrogen (secondary N) is 1. The Morgan fingerprint density at radius 2 is 1.19 bits per heavy atom. The molecule has 0 aliphatic rings. The molecule has 57 heavy (non-hydrogen) atoms. The minimum atomic E-state index is -4.42. The molecule has 17 nitrogen and oxygen atoms in total. The normalized spacial score (nSPS) is 12.6. The number of azo groups is 2. The van der Waals surface area contributed by atoms with Crippen molar-refractivity contribution in [2.45, 2.75) is 21.6 Å². The number of para-hydroxylation sites is 1. The van der Waals surface area contributed by atoms with E-state index in [9.17, 15) is 35.5 Å². The van der Waals surface area contributed by atoms with Gasteiger partial charge in [0, 0.05) is 28.9 Å². The first-order valence-corrected chi connectivity index (χ1v) is 20.6. The van der Waals surface area contributed by atoms with Crippen molar-refractivity contribution < 1.29 is 52.8 Å². The monoisotopic (exact) mass is 835 g/mol. The van der Waals surface area contributed by atoms with Crippen LogP contribution in [0.3, 0.4) is 0 Å². The van der Waals surface area contributed by atoms with Crippen LogP contribution in [0.15, 0.2) is 126 Å². The molecule has 6 aromatic rings. The summed E-state index contributed by atoms with van der Waals surface area (Å²) >= 11 is 0. The van der Waals surface area contributed by atoms with Crippen molar-refractivity contribution in [1.82, 2.24) is 0 Å². The van der Waals surface area contributed by atoms with E-state index in [1.807, 2.05) is 30.3 Å². The molecule has 0 fully saturated rings. The fraction of sp³-hybridized carbons (Fsp3) is 0.135. The molecule has 0 unspecified atom stereocenters. The molecule has 0 bridgehead atoms. The molecule has 0 saturated heterocycles. The van der Waals surface area contributed by atoms with E-state index >= 15 is 0 Å². The largest absolute Gasteiger partial charge is 0.507 e. The van der Waals surface area contributed by atoms with Crippen LogP contribution in [-0.2, 0) is 42.9 Å². The van der Waals surface area contributed by atoms with Gasteiger partial charge in [-0.15, -0.1) is 15.3 Å². The summed E-state index contributed by atoms with van der Waals surface area (Å²) in [6.45, 7) is 1.63. The van der Waals surface area contributed by atoms with E-state index in [1.165, 1.54) is 25.3 Å². The lowest BCUT2D eigenvalue weighted by Gasteiger charge is -2.13. The van der Waals surface area contributed by atoms with Crippen LogP contribution >= 0.6 is 0 Å². The fourth-order valence-electron chi connectivity index (χ4n) is 5.69. The van der Waals surface area contributed by atoms with E-state index in [1.54, 1.807) is 25.1 Å². The number of rotatable bonds is 13. The number of aryl methyl sites for hydroxylation is 1. The van der Waals surface area contributed by atoms with E-state index in [-0.39, 0.29) is 39.0 Å². The number of anilines is 2. The molecule has 296 valence electrons. The lowest BCUT2D eigenvalue weighted by Crippen LogP contribution is -2.04. The highest BCUT2D eigenvalue weighted by molar-refractivity contribution is 7.87. The van der Waals surface area contributed by atoms with Gasteiger partial charge in [0.1, 0.15) is 27.8 Å². The average molecular weight is 836 g/mol. The van der Waals surface area contributed by atoms with Gasteiger partial charge in [-0.2, -0.15) is 30.4 Å². The second-order valence-corrected chi connectivity index (χ2v) is 17.2. The quantitative estimate of drug-likeness (QED) is 0.0733. The Labute approximate surface area is 327 Å². The average Bonchev–Trinajstić information content (AvgIpc) is 3.19. The van der Waals surface area contributed by atoms with E-state index in [0.29, 0.717) is 16.6 Å². The number of hydrogen-bond acceptors (Lipinski definition) is 17. The zero-order chi connectivity index (χ0) is 41.3. The lowest BCUT2D eigenvalue weighted by molar-refractivity contribution is 0.396. The number of phenols is 2. The molecule has 0 atom stereocenters. The van der Waals surface area contributed by atoms with Crippen molar-refractivity contribution in [3.05, 3.63) is 96.6 Å². The van der Waals surface area contributed by atoms with Crippen molar-refractivity contribution in [1.29, 1.82) is 0 Å². The number of hydrogen-bond donors (Lipinski definition) is 3. The summed E-state index contributed by atoms with van der Waals surface area (Å²) < 4.78 is 95.9. The van der Waals surface area contributed by atoms with E-state index in [0.717, 1.165) is 51.3 Å². The fourth-order valence-corrected chi connectivity index (χ4v) is 7.96. The van der Waals surface area contributed by atoms with Crippen molar-refractivity contribution in [3.63, 3.8) is 0 Å². The first kappa shape index (κ1) is 40.6. The van der Waals surface area contributed by atoms with Gasteiger partial charge in [0.25, 0.3) is 30.4 Å². The Hall–Kier alpha value is -6.03. The second kappa shape index (κ2) is 15.8. The molecule has 0 radical (unpaired) electrons. The summed E-state index contributed by atoms with van der Waals surface area (Å²) in [5, 5.41) is 42.9. The van der Waals surface area contributed by atoms with E-state index < -0.39 is 62.2 Å². The van der Waals surface area contributed by atoms with Gasteiger partial charge in [0.05, 0.1) is 55.0 Å².